The molecular weight excluding hydrogens is 294 g/mol. The molecule has 2 rings (SSSR count). The van der Waals surface area contributed by atoms with Crippen molar-refractivity contribution in [1.82, 2.24) is 15.2 Å². The SMILES string of the molecule is CC(NC(=O)c1cccnc1Oc1ccccc1)C(=O)N(C)C. The quantitative estimate of drug-likeness (QED) is 0.917. The smallest absolute Gasteiger partial charge is 0.257 e. The van der Waals surface area contributed by atoms with Crippen LogP contribution < -0.4 is 10.1 Å². The number of pyridine rings is 1. The Morgan fingerprint density at radius 2 is 1.83 bits per heavy atom. The molecule has 1 aromatic carbocycles. The van der Waals surface area contributed by atoms with E-state index in [1.807, 2.05) is 18.2 Å². The van der Waals surface area contributed by atoms with E-state index in [4.69, 9.17) is 4.74 Å². The molecule has 0 saturated carbocycles. The number of hydrogen-bond donors (Lipinski definition) is 1. The standard InChI is InChI=1S/C17H19N3O3/c1-12(17(22)20(2)3)19-15(21)14-10-7-11-18-16(14)23-13-8-5-4-6-9-13/h4-12H,1-3H3,(H,19,21). The first-order chi connectivity index (χ1) is 11.0. The number of hydrogen-bond acceptors (Lipinski definition) is 4. The summed E-state index contributed by atoms with van der Waals surface area (Å²) in [6.07, 6.45) is 1.55. The molecule has 0 aliphatic heterocycles. The zero-order valence-electron chi connectivity index (χ0n) is 13.3. The van der Waals surface area contributed by atoms with E-state index in [-0.39, 0.29) is 17.4 Å². The minimum absolute atomic E-state index is 0.187. The van der Waals surface area contributed by atoms with Gasteiger partial charge in [-0.25, -0.2) is 4.98 Å². The number of nitrogens with zero attached hydrogens (tertiary/aromatic N) is 2. The maximum atomic E-state index is 12.4. The van der Waals surface area contributed by atoms with E-state index in [1.54, 1.807) is 51.5 Å². The molecule has 0 spiro atoms. The van der Waals surface area contributed by atoms with Crippen LogP contribution in [0.15, 0.2) is 48.7 Å². The summed E-state index contributed by atoms with van der Waals surface area (Å²) in [4.78, 5) is 29.8. The lowest BCUT2D eigenvalue weighted by Crippen LogP contribution is -2.44. The number of benzene rings is 1. The third-order valence-electron chi connectivity index (χ3n) is 3.13. The van der Waals surface area contributed by atoms with Gasteiger partial charge in [0.2, 0.25) is 11.8 Å². The molecule has 120 valence electrons. The van der Waals surface area contributed by atoms with Crippen molar-refractivity contribution in [2.45, 2.75) is 13.0 Å². The number of para-hydroxylation sites is 1. The minimum Gasteiger partial charge on any atom is -0.438 e. The Kier molecular flexibility index (Phi) is 5.30. The highest BCUT2D eigenvalue weighted by Crippen LogP contribution is 2.22. The Bertz CT molecular complexity index is 686. The summed E-state index contributed by atoms with van der Waals surface area (Å²) in [5.74, 6) is 0.179. The second kappa shape index (κ2) is 7.40. The Morgan fingerprint density at radius 3 is 2.48 bits per heavy atom. The van der Waals surface area contributed by atoms with Crippen LogP contribution in [0.25, 0.3) is 0 Å². The fraction of sp³-hybridized carbons (Fsp3) is 0.235. The molecule has 1 N–H and O–H groups in total. The molecule has 0 aliphatic carbocycles. The lowest BCUT2D eigenvalue weighted by atomic mass is 10.2. The van der Waals surface area contributed by atoms with Gasteiger partial charge in [0, 0.05) is 20.3 Å². The predicted molar refractivity (Wildman–Crippen MR) is 86.4 cm³/mol. The number of aromatic nitrogens is 1. The summed E-state index contributed by atoms with van der Waals surface area (Å²) in [6.45, 7) is 1.63. The van der Waals surface area contributed by atoms with Crippen molar-refractivity contribution in [3.63, 3.8) is 0 Å². The number of nitrogens with one attached hydrogen (secondary N) is 1. The maximum absolute atomic E-state index is 12.4. The second-order valence-electron chi connectivity index (χ2n) is 5.20. The van der Waals surface area contributed by atoms with Gasteiger partial charge in [0.25, 0.3) is 5.91 Å². The topological polar surface area (TPSA) is 71.5 Å². The lowest BCUT2D eigenvalue weighted by Gasteiger charge is -2.18. The molecule has 0 fully saturated rings. The van der Waals surface area contributed by atoms with Gasteiger partial charge < -0.3 is 15.0 Å². The predicted octanol–water partition coefficient (Wildman–Crippen LogP) is 2.08. The summed E-state index contributed by atoms with van der Waals surface area (Å²) >= 11 is 0. The van der Waals surface area contributed by atoms with Crippen LogP contribution in [0.3, 0.4) is 0 Å². The number of ether oxygens (including phenoxy) is 1. The molecule has 0 aliphatic rings. The van der Waals surface area contributed by atoms with Crippen LogP contribution in [0.5, 0.6) is 11.6 Å². The molecule has 1 heterocycles. The summed E-state index contributed by atoms with van der Waals surface area (Å²) in [5, 5.41) is 2.65. The Balaban J connectivity index is 2.16. The Morgan fingerprint density at radius 1 is 1.13 bits per heavy atom. The summed E-state index contributed by atoms with van der Waals surface area (Å²) in [5.41, 5.74) is 0.273. The molecule has 1 unspecified atom stereocenters. The largest absolute Gasteiger partial charge is 0.438 e. The molecular formula is C17H19N3O3. The number of carbonyl (C=O) groups is 2. The molecule has 2 amide bonds. The van der Waals surface area contributed by atoms with Crippen molar-refractivity contribution in [3.8, 4) is 11.6 Å². The van der Waals surface area contributed by atoms with Gasteiger partial charge in [0.15, 0.2) is 0 Å². The minimum atomic E-state index is -0.637. The van der Waals surface area contributed by atoms with E-state index < -0.39 is 11.9 Å². The zero-order valence-corrected chi connectivity index (χ0v) is 13.3. The van der Waals surface area contributed by atoms with Crippen LogP contribution in [0.4, 0.5) is 0 Å². The van der Waals surface area contributed by atoms with Gasteiger partial charge in [-0.3, -0.25) is 9.59 Å². The van der Waals surface area contributed by atoms with Gasteiger partial charge in [-0.1, -0.05) is 18.2 Å². The first-order valence-electron chi connectivity index (χ1n) is 7.19. The fourth-order valence-electron chi connectivity index (χ4n) is 1.97. The highest BCUT2D eigenvalue weighted by Gasteiger charge is 2.21. The molecule has 6 nitrogen and oxygen atoms in total. The van der Waals surface area contributed by atoms with Crippen LogP contribution in [0, 0.1) is 0 Å². The van der Waals surface area contributed by atoms with Crippen molar-refractivity contribution >= 4 is 11.8 Å². The average Bonchev–Trinajstić information content (AvgIpc) is 2.55. The van der Waals surface area contributed by atoms with Gasteiger partial charge in [-0.2, -0.15) is 0 Å². The van der Waals surface area contributed by atoms with Gasteiger partial charge >= 0.3 is 0 Å². The van der Waals surface area contributed by atoms with Gasteiger partial charge in [-0.05, 0) is 31.2 Å². The number of rotatable bonds is 5. The van der Waals surface area contributed by atoms with Crippen molar-refractivity contribution < 1.29 is 14.3 Å². The van der Waals surface area contributed by atoms with Crippen LogP contribution in [-0.2, 0) is 4.79 Å². The molecule has 0 radical (unpaired) electrons. The molecule has 2 aromatic rings. The van der Waals surface area contributed by atoms with Crippen LogP contribution in [0.1, 0.15) is 17.3 Å². The highest BCUT2D eigenvalue weighted by molar-refractivity contribution is 5.99. The lowest BCUT2D eigenvalue weighted by molar-refractivity contribution is -0.130. The normalized spacial score (nSPS) is 11.4. The second-order valence-corrected chi connectivity index (χ2v) is 5.20. The number of likely N-dealkylation sites (N-methyl/N-ethyl adjacent to an activating group) is 1. The Labute approximate surface area is 135 Å². The van der Waals surface area contributed by atoms with E-state index in [9.17, 15) is 9.59 Å². The third kappa shape index (κ3) is 4.29. The van der Waals surface area contributed by atoms with E-state index in [0.29, 0.717) is 5.75 Å². The monoisotopic (exact) mass is 313 g/mol. The zero-order chi connectivity index (χ0) is 16.8. The van der Waals surface area contributed by atoms with E-state index in [2.05, 4.69) is 10.3 Å². The van der Waals surface area contributed by atoms with Crippen molar-refractivity contribution in [2.24, 2.45) is 0 Å². The number of amides is 2. The van der Waals surface area contributed by atoms with Crippen molar-refractivity contribution in [3.05, 3.63) is 54.2 Å². The molecule has 0 bridgehead atoms. The molecule has 0 saturated heterocycles. The van der Waals surface area contributed by atoms with Crippen molar-refractivity contribution in [2.75, 3.05) is 14.1 Å². The fourth-order valence-corrected chi connectivity index (χ4v) is 1.97. The van der Waals surface area contributed by atoms with Crippen LogP contribution >= 0.6 is 0 Å². The summed E-state index contributed by atoms with van der Waals surface area (Å²) in [6, 6.07) is 11.7. The van der Waals surface area contributed by atoms with Crippen LogP contribution in [0.2, 0.25) is 0 Å². The van der Waals surface area contributed by atoms with Gasteiger partial charge in [0.05, 0.1) is 0 Å². The van der Waals surface area contributed by atoms with E-state index >= 15 is 0 Å². The van der Waals surface area contributed by atoms with E-state index in [0.717, 1.165) is 0 Å². The Hall–Kier alpha value is -2.89. The molecule has 23 heavy (non-hydrogen) atoms. The summed E-state index contributed by atoms with van der Waals surface area (Å²) < 4.78 is 5.65. The highest BCUT2D eigenvalue weighted by atomic mass is 16.5. The third-order valence-corrected chi connectivity index (χ3v) is 3.13. The molecule has 1 aromatic heterocycles. The average molecular weight is 313 g/mol. The van der Waals surface area contributed by atoms with Gasteiger partial charge in [-0.15, -0.1) is 0 Å². The van der Waals surface area contributed by atoms with Crippen LogP contribution in [-0.4, -0.2) is 41.8 Å². The summed E-state index contributed by atoms with van der Waals surface area (Å²) in [7, 11) is 3.28. The first kappa shape index (κ1) is 16.5. The van der Waals surface area contributed by atoms with Crippen molar-refractivity contribution in [1.29, 1.82) is 0 Å². The van der Waals surface area contributed by atoms with E-state index in [1.165, 1.54) is 4.90 Å². The number of carbonyl (C=O) groups excluding carboxylic acids is 2. The maximum Gasteiger partial charge on any atom is 0.257 e. The van der Waals surface area contributed by atoms with Gasteiger partial charge in [0.1, 0.15) is 17.4 Å². The molecule has 1 atom stereocenters. The first-order valence-corrected chi connectivity index (χ1v) is 7.19. The molecule has 6 heteroatoms.